The highest BCUT2D eigenvalue weighted by molar-refractivity contribution is 7.80. The molecular weight excluding hydrogens is 440 g/mol. The van der Waals surface area contributed by atoms with E-state index in [4.69, 9.17) is 12.2 Å². The smallest absolute Gasteiger partial charge is 0.239 e. The van der Waals surface area contributed by atoms with Crippen molar-refractivity contribution in [3.05, 3.63) is 70.8 Å². The van der Waals surface area contributed by atoms with Crippen molar-refractivity contribution in [3.8, 4) is 0 Å². The Labute approximate surface area is 209 Å². The van der Waals surface area contributed by atoms with Crippen LogP contribution in [0.2, 0.25) is 0 Å². The fourth-order valence-corrected chi connectivity index (χ4v) is 5.50. The molecule has 2 aromatic rings. The van der Waals surface area contributed by atoms with Crippen molar-refractivity contribution < 1.29 is 4.79 Å². The van der Waals surface area contributed by atoms with E-state index in [0.29, 0.717) is 11.7 Å². The van der Waals surface area contributed by atoms with Gasteiger partial charge in [0.1, 0.15) is 0 Å². The zero-order valence-electron chi connectivity index (χ0n) is 20.6. The molecule has 34 heavy (non-hydrogen) atoms. The Morgan fingerprint density at radius 2 is 1.50 bits per heavy atom. The van der Waals surface area contributed by atoms with Gasteiger partial charge in [-0.15, -0.1) is 0 Å². The van der Waals surface area contributed by atoms with Crippen LogP contribution in [-0.2, 0) is 17.9 Å². The van der Waals surface area contributed by atoms with Gasteiger partial charge in [-0.2, -0.15) is 0 Å². The van der Waals surface area contributed by atoms with Gasteiger partial charge in [0, 0.05) is 38.3 Å². The fraction of sp³-hybridized carbons (Fsp3) is 0.500. The second-order valence-corrected chi connectivity index (χ2v) is 10.4. The number of rotatable bonds is 6. The molecule has 4 rings (SSSR count). The van der Waals surface area contributed by atoms with Crippen LogP contribution in [0.25, 0.3) is 0 Å². The van der Waals surface area contributed by atoms with Crippen LogP contribution in [0.4, 0.5) is 0 Å². The van der Waals surface area contributed by atoms with E-state index in [2.05, 4.69) is 70.7 Å². The number of piperazine rings is 1. The summed E-state index contributed by atoms with van der Waals surface area (Å²) in [5.74, 6) is -0.0340. The van der Waals surface area contributed by atoms with Gasteiger partial charge in [-0.1, -0.05) is 78.9 Å². The SMILES string of the molecule is Cc1ccc(CNC(=O)CNC(=S)N2CCN(Cc3ccc(C)cc3)C3(CCCCC3)C2)cc1. The highest BCUT2D eigenvalue weighted by atomic mass is 32.1. The number of aryl methyl sites for hydroxylation is 2. The van der Waals surface area contributed by atoms with Gasteiger partial charge in [0.25, 0.3) is 0 Å². The number of carbonyl (C=O) groups excluding carboxylic acids is 1. The summed E-state index contributed by atoms with van der Waals surface area (Å²) < 4.78 is 0. The van der Waals surface area contributed by atoms with Gasteiger partial charge >= 0.3 is 0 Å². The lowest BCUT2D eigenvalue weighted by atomic mass is 9.78. The number of thiocarbonyl (C=S) groups is 1. The first-order chi connectivity index (χ1) is 16.4. The molecule has 1 saturated carbocycles. The molecule has 2 aromatic carbocycles. The first kappa shape index (κ1) is 24.7. The summed E-state index contributed by atoms with van der Waals surface area (Å²) in [6.07, 6.45) is 6.31. The molecule has 1 aliphatic carbocycles. The standard InChI is InChI=1S/C28H38N4OS/c1-22-6-10-24(11-7-22)18-29-26(33)19-30-27(34)31-16-17-32(20-25-12-8-23(2)9-13-25)28(21-31)14-4-3-5-15-28/h6-13H,3-5,14-21H2,1-2H3,(H,29,33)(H,30,34). The molecule has 5 nitrogen and oxygen atoms in total. The van der Waals surface area contributed by atoms with Crippen LogP contribution in [0.3, 0.4) is 0 Å². The van der Waals surface area contributed by atoms with Crippen LogP contribution in [0.15, 0.2) is 48.5 Å². The van der Waals surface area contributed by atoms with Crippen LogP contribution in [-0.4, -0.2) is 52.5 Å². The quantitative estimate of drug-likeness (QED) is 0.606. The third kappa shape index (κ3) is 6.36. The van der Waals surface area contributed by atoms with E-state index in [1.807, 2.05) is 12.1 Å². The molecule has 6 heteroatoms. The maximum atomic E-state index is 12.4. The molecule has 2 N–H and O–H groups in total. The second kappa shape index (κ2) is 11.3. The summed E-state index contributed by atoms with van der Waals surface area (Å²) in [4.78, 5) is 17.4. The summed E-state index contributed by atoms with van der Waals surface area (Å²) in [6, 6.07) is 17.2. The highest BCUT2D eigenvalue weighted by Gasteiger charge is 2.42. The Morgan fingerprint density at radius 1 is 0.882 bits per heavy atom. The maximum Gasteiger partial charge on any atom is 0.239 e. The predicted octanol–water partition coefficient (Wildman–Crippen LogP) is 4.31. The molecule has 2 aliphatic rings. The van der Waals surface area contributed by atoms with Crippen molar-refractivity contribution >= 4 is 23.2 Å². The van der Waals surface area contributed by atoms with Gasteiger partial charge in [0.15, 0.2) is 5.11 Å². The van der Waals surface area contributed by atoms with Crippen LogP contribution < -0.4 is 10.6 Å². The Morgan fingerprint density at radius 3 is 2.15 bits per heavy atom. The Kier molecular flexibility index (Phi) is 8.22. The molecule has 1 saturated heterocycles. The van der Waals surface area contributed by atoms with Crippen molar-refractivity contribution in [2.75, 3.05) is 26.2 Å². The van der Waals surface area contributed by atoms with E-state index in [1.54, 1.807) is 0 Å². The average Bonchev–Trinajstić information content (AvgIpc) is 2.85. The monoisotopic (exact) mass is 478 g/mol. The van der Waals surface area contributed by atoms with Gasteiger partial charge in [0.2, 0.25) is 5.91 Å². The molecule has 0 unspecified atom stereocenters. The van der Waals surface area contributed by atoms with Gasteiger partial charge in [0.05, 0.1) is 6.54 Å². The molecule has 0 aromatic heterocycles. The number of hydrogen-bond donors (Lipinski definition) is 2. The summed E-state index contributed by atoms with van der Waals surface area (Å²) in [7, 11) is 0. The van der Waals surface area contributed by atoms with Crippen LogP contribution in [0.5, 0.6) is 0 Å². The zero-order chi connectivity index (χ0) is 24.0. The number of carbonyl (C=O) groups is 1. The zero-order valence-corrected chi connectivity index (χ0v) is 21.4. The minimum Gasteiger partial charge on any atom is -0.353 e. The van der Waals surface area contributed by atoms with Gasteiger partial charge in [-0.25, -0.2) is 0 Å². The molecule has 1 amide bonds. The Hall–Kier alpha value is -2.44. The first-order valence-corrected chi connectivity index (χ1v) is 13.0. The molecule has 1 heterocycles. The maximum absolute atomic E-state index is 12.4. The molecule has 1 spiro atoms. The lowest BCUT2D eigenvalue weighted by Crippen LogP contribution is -2.64. The normalized spacial score (nSPS) is 18.0. The minimum atomic E-state index is -0.0340. The number of hydrogen-bond acceptors (Lipinski definition) is 3. The fourth-order valence-electron chi connectivity index (χ4n) is 5.27. The van der Waals surface area contributed by atoms with Crippen molar-refractivity contribution in [1.82, 2.24) is 20.4 Å². The largest absolute Gasteiger partial charge is 0.353 e. The molecular formula is C28H38N4OS. The Balaban J connectivity index is 1.30. The molecule has 0 radical (unpaired) electrons. The lowest BCUT2D eigenvalue weighted by Gasteiger charge is -2.53. The van der Waals surface area contributed by atoms with Gasteiger partial charge in [-0.05, 0) is 50.0 Å². The third-order valence-corrected chi connectivity index (χ3v) is 7.77. The average molecular weight is 479 g/mol. The molecule has 2 fully saturated rings. The van der Waals surface area contributed by atoms with E-state index in [-0.39, 0.29) is 18.0 Å². The molecule has 182 valence electrons. The van der Waals surface area contributed by atoms with Crippen LogP contribution in [0, 0.1) is 13.8 Å². The van der Waals surface area contributed by atoms with Crippen molar-refractivity contribution in [1.29, 1.82) is 0 Å². The molecule has 1 aliphatic heterocycles. The van der Waals surface area contributed by atoms with Crippen molar-refractivity contribution in [2.24, 2.45) is 0 Å². The number of benzene rings is 2. The first-order valence-electron chi connectivity index (χ1n) is 12.6. The predicted molar refractivity (Wildman–Crippen MR) is 143 cm³/mol. The number of nitrogens with one attached hydrogen (secondary N) is 2. The van der Waals surface area contributed by atoms with E-state index in [9.17, 15) is 4.79 Å². The Bertz CT molecular complexity index is 967. The van der Waals surface area contributed by atoms with Crippen LogP contribution in [0.1, 0.15) is 54.4 Å². The van der Waals surface area contributed by atoms with E-state index < -0.39 is 0 Å². The number of amides is 1. The van der Waals surface area contributed by atoms with Crippen molar-refractivity contribution in [2.45, 2.75) is 64.6 Å². The van der Waals surface area contributed by atoms with Gasteiger partial charge < -0.3 is 15.5 Å². The van der Waals surface area contributed by atoms with E-state index in [0.717, 1.165) is 31.7 Å². The lowest BCUT2D eigenvalue weighted by molar-refractivity contribution is -0.120. The summed E-state index contributed by atoms with van der Waals surface area (Å²) in [5, 5.41) is 6.90. The summed E-state index contributed by atoms with van der Waals surface area (Å²) in [5.41, 5.74) is 5.18. The molecule has 0 atom stereocenters. The van der Waals surface area contributed by atoms with Crippen molar-refractivity contribution in [3.63, 3.8) is 0 Å². The molecule has 0 bridgehead atoms. The minimum absolute atomic E-state index is 0.0340. The van der Waals surface area contributed by atoms with Crippen LogP contribution >= 0.6 is 12.2 Å². The van der Waals surface area contributed by atoms with E-state index in [1.165, 1.54) is 48.8 Å². The second-order valence-electron chi connectivity index (χ2n) is 10.0. The topological polar surface area (TPSA) is 47.6 Å². The van der Waals surface area contributed by atoms with E-state index >= 15 is 0 Å². The van der Waals surface area contributed by atoms with Gasteiger partial charge in [-0.3, -0.25) is 9.69 Å². The summed E-state index contributed by atoms with van der Waals surface area (Å²) >= 11 is 5.74. The summed E-state index contributed by atoms with van der Waals surface area (Å²) in [6.45, 7) is 8.77. The number of nitrogens with zero attached hydrogens (tertiary/aromatic N) is 2. The third-order valence-electron chi connectivity index (χ3n) is 7.37. The highest BCUT2D eigenvalue weighted by Crippen LogP contribution is 2.37.